The van der Waals surface area contributed by atoms with Crippen LogP contribution in [0.25, 0.3) is 0 Å². The second-order valence-corrected chi connectivity index (χ2v) is 4.47. The van der Waals surface area contributed by atoms with Crippen molar-refractivity contribution < 1.29 is 14.7 Å². The first-order valence-electron chi connectivity index (χ1n) is 4.78. The number of aromatic nitrogens is 2. The zero-order valence-electron chi connectivity index (χ0n) is 9.06. The predicted octanol–water partition coefficient (Wildman–Crippen LogP) is 0.769. The Morgan fingerprint density at radius 1 is 1.62 bits per heavy atom. The molecule has 2 N–H and O–H groups in total. The van der Waals surface area contributed by atoms with Crippen molar-refractivity contribution in [2.24, 2.45) is 5.41 Å². The van der Waals surface area contributed by atoms with Gasteiger partial charge < -0.3 is 10.4 Å². The van der Waals surface area contributed by atoms with Crippen LogP contribution in [0.3, 0.4) is 0 Å². The number of hydrogen-bond acceptors (Lipinski definition) is 5. The second-order valence-electron chi connectivity index (χ2n) is 3.68. The van der Waals surface area contributed by atoms with Gasteiger partial charge in [0.2, 0.25) is 0 Å². The smallest absolute Gasteiger partial charge is 0.311 e. The fourth-order valence-electron chi connectivity index (χ4n) is 0.982. The third kappa shape index (κ3) is 2.75. The van der Waals surface area contributed by atoms with E-state index in [9.17, 15) is 9.59 Å². The number of carbonyl (C=O) groups is 2. The number of amides is 1. The Hall–Kier alpha value is -1.50. The number of carbonyl (C=O) groups excluding carboxylic acids is 1. The summed E-state index contributed by atoms with van der Waals surface area (Å²) >= 11 is 0.977. The highest BCUT2D eigenvalue weighted by Gasteiger charge is 2.31. The molecule has 0 aromatic carbocycles. The molecule has 0 aliphatic heterocycles. The van der Waals surface area contributed by atoms with E-state index >= 15 is 0 Å². The Morgan fingerprint density at radius 2 is 2.31 bits per heavy atom. The molecule has 7 heteroatoms. The maximum atomic E-state index is 11.5. The van der Waals surface area contributed by atoms with Crippen molar-refractivity contribution in [1.29, 1.82) is 0 Å². The van der Waals surface area contributed by atoms with Gasteiger partial charge in [-0.3, -0.25) is 9.59 Å². The third-order valence-electron chi connectivity index (χ3n) is 2.52. The van der Waals surface area contributed by atoms with Crippen LogP contribution >= 0.6 is 11.5 Å². The third-order valence-corrected chi connectivity index (χ3v) is 3.18. The van der Waals surface area contributed by atoms with Crippen molar-refractivity contribution in [3.8, 4) is 0 Å². The van der Waals surface area contributed by atoms with E-state index in [2.05, 4.69) is 14.9 Å². The number of nitrogens with one attached hydrogen (secondary N) is 1. The zero-order chi connectivity index (χ0) is 12.2. The first kappa shape index (κ1) is 12.6. The molecule has 16 heavy (non-hydrogen) atoms. The van der Waals surface area contributed by atoms with Gasteiger partial charge in [-0.15, -0.1) is 5.10 Å². The summed E-state index contributed by atoms with van der Waals surface area (Å²) in [4.78, 5) is 22.9. The molecule has 6 nitrogen and oxygen atoms in total. The molecular formula is C9H13N3O3S. The maximum absolute atomic E-state index is 11.5. The van der Waals surface area contributed by atoms with Gasteiger partial charge >= 0.3 is 5.97 Å². The highest BCUT2D eigenvalue weighted by molar-refractivity contribution is 7.07. The molecule has 0 radical (unpaired) electrons. The minimum atomic E-state index is -0.937. The van der Waals surface area contributed by atoms with E-state index in [1.165, 1.54) is 6.20 Å². The molecule has 1 amide bonds. The van der Waals surface area contributed by atoms with E-state index in [-0.39, 0.29) is 12.5 Å². The van der Waals surface area contributed by atoms with Crippen molar-refractivity contribution in [2.75, 3.05) is 6.54 Å². The standard InChI is InChI=1S/C9H13N3O3S/c1-3-9(2,8(14)15)5-10-7(13)6-4-11-12-16-6/h4H,3,5H2,1-2H3,(H,10,13)(H,14,15). The summed E-state index contributed by atoms with van der Waals surface area (Å²) in [6, 6.07) is 0. The summed E-state index contributed by atoms with van der Waals surface area (Å²) in [6.45, 7) is 3.46. The fraction of sp³-hybridized carbons (Fsp3) is 0.556. The van der Waals surface area contributed by atoms with Crippen LogP contribution < -0.4 is 5.32 Å². The fourth-order valence-corrected chi connectivity index (χ4v) is 1.41. The lowest BCUT2D eigenvalue weighted by molar-refractivity contribution is -0.147. The summed E-state index contributed by atoms with van der Waals surface area (Å²) < 4.78 is 3.56. The van der Waals surface area contributed by atoms with Crippen LogP contribution in [-0.2, 0) is 4.79 Å². The molecule has 0 saturated carbocycles. The molecule has 1 aromatic heterocycles. The summed E-state index contributed by atoms with van der Waals surface area (Å²) in [5.41, 5.74) is -0.937. The molecule has 1 atom stereocenters. The molecule has 0 saturated heterocycles. The van der Waals surface area contributed by atoms with Crippen LogP contribution in [0.1, 0.15) is 29.9 Å². The van der Waals surface area contributed by atoms with Crippen LogP contribution in [-0.4, -0.2) is 33.1 Å². The molecule has 0 aliphatic rings. The van der Waals surface area contributed by atoms with E-state index in [0.717, 1.165) is 11.5 Å². The van der Waals surface area contributed by atoms with Gasteiger partial charge in [-0.1, -0.05) is 11.4 Å². The van der Waals surface area contributed by atoms with Gasteiger partial charge in [0.15, 0.2) is 0 Å². The highest BCUT2D eigenvalue weighted by atomic mass is 32.1. The number of aliphatic carboxylic acids is 1. The minimum absolute atomic E-state index is 0.0928. The summed E-state index contributed by atoms with van der Waals surface area (Å²) in [5, 5.41) is 15.1. The number of nitrogens with zero attached hydrogens (tertiary/aromatic N) is 2. The molecular weight excluding hydrogens is 230 g/mol. The quantitative estimate of drug-likeness (QED) is 0.796. The van der Waals surface area contributed by atoms with Gasteiger partial charge in [-0.2, -0.15) is 0 Å². The lowest BCUT2D eigenvalue weighted by Crippen LogP contribution is -2.40. The molecule has 1 heterocycles. The SMILES string of the molecule is CCC(C)(CNC(=O)c1cnns1)C(=O)O. The van der Waals surface area contributed by atoms with E-state index in [4.69, 9.17) is 5.11 Å². The van der Waals surface area contributed by atoms with Crippen LogP contribution in [0, 0.1) is 5.41 Å². The van der Waals surface area contributed by atoms with Gasteiger partial charge in [-0.05, 0) is 24.9 Å². The average molecular weight is 243 g/mol. The molecule has 0 bridgehead atoms. The molecule has 1 unspecified atom stereocenters. The number of hydrogen-bond donors (Lipinski definition) is 2. The van der Waals surface area contributed by atoms with Gasteiger partial charge in [0.05, 0.1) is 11.6 Å². The normalized spacial score (nSPS) is 14.1. The number of carboxylic acids is 1. The van der Waals surface area contributed by atoms with Crippen LogP contribution in [0.2, 0.25) is 0 Å². The average Bonchev–Trinajstić information content (AvgIpc) is 2.78. The predicted molar refractivity (Wildman–Crippen MR) is 58.3 cm³/mol. The summed E-state index contributed by atoms with van der Waals surface area (Å²) in [5.74, 6) is -1.26. The van der Waals surface area contributed by atoms with Gasteiger partial charge in [-0.25, -0.2) is 0 Å². The Labute approximate surface area is 96.8 Å². The van der Waals surface area contributed by atoms with E-state index < -0.39 is 11.4 Å². The van der Waals surface area contributed by atoms with E-state index in [1.54, 1.807) is 13.8 Å². The molecule has 0 aliphatic carbocycles. The molecule has 0 spiro atoms. The first-order chi connectivity index (χ1) is 7.49. The monoisotopic (exact) mass is 243 g/mol. The van der Waals surface area contributed by atoms with E-state index in [1.807, 2.05) is 0 Å². The minimum Gasteiger partial charge on any atom is -0.481 e. The van der Waals surface area contributed by atoms with Crippen LogP contribution in [0.5, 0.6) is 0 Å². The lowest BCUT2D eigenvalue weighted by atomic mass is 9.88. The zero-order valence-corrected chi connectivity index (χ0v) is 9.87. The van der Waals surface area contributed by atoms with Crippen molar-refractivity contribution >= 4 is 23.4 Å². The number of rotatable bonds is 5. The lowest BCUT2D eigenvalue weighted by Gasteiger charge is -2.22. The summed E-state index contributed by atoms with van der Waals surface area (Å²) in [7, 11) is 0. The van der Waals surface area contributed by atoms with Crippen LogP contribution in [0.15, 0.2) is 6.20 Å². The number of carboxylic acid groups (broad SMARTS) is 1. The molecule has 1 rings (SSSR count). The Kier molecular flexibility index (Phi) is 3.94. The van der Waals surface area contributed by atoms with Gasteiger partial charge in [0.1, 0.15) is 4.88 Å². The van der Waals surface area contributed by atoms with Crippen molar-refractivity contribution in [1.82, 2.24) is 14.9 Å². The molecule has 1 aromatic rings. The Bertz CT molecular complexity index is 379. The Balaban J connectivity index is 2.57. The molecule has 0 fully saturated rings. The van der Waals surface area contributed by atoms with Gasteiger partial charge in [0, 0.05) is 6.54 Å². The molecule has 88 valence electrons. The second kappa shape index (κ2) is 5.02. The van der Waals surface area contributed by atoms with Gasteiger partial charge in [0.25, 0.3) is 5.91 Å². The van der Waals surface area contributed by atoms with Crippen molar-refractivity contribution in [2.45, 2.75) is 20.3 Å². The van der Waals surface area contributed by atoms with Crippen LogP contribution in [0.4, 0.5) is 0 Å². The topological polar surface area (TPSA) is 92.2 Å². The van der Waals surface area contributed by atoms with E-state index in [0.29, 0.717) is 11.3 Å². The first-order valence-corrected chi connectivity index (χ1v) is 5.56. The highest BCUT2D eigenvalue weighted by Crippen LogP contribution is 2.20. The Morgan fingerprint density at radius 3 is 2.75 bits per heavy atom. The van der Waals surface area contributed by atoms with Crippen molar-refractivity contribution in [3.63, 3.8) is 0 Å². The van der Waals surface area contributed by atoms with Crippen molar-refractivity contribution in [3.05, 3.63) is 11.1 Å². The maximum Gasteiger partial charge on any atom is 0.311 e. The summed E-state index contributed by atoms with van der Waals surface area (Å²) in [6.07, 6.45) is 1.80. The largest absolute Gasteiger partial charge is 0.481 e.